The van der Waals surface area contributed by atoms with E-state index in [1.807, 2.05) is 30.3 Å². The van der Waals surface area contributed by atoms with E-state index in [-0.39, 0.29) is 24.9 Å². The number of nitrogens with two attached hydrogens (primary N) is 1. The van der Waals surface area contributed by atoms with E-state index < -0.39 is 0 Å². The lowest BCUT2D eigenvalue weighted by Crippen LogP contribution is -2.30. The average molecular weight is 273 g/mol. The van der Waals surface area contributed by atoms with Crippen LogP contribution in [0.5, 0.6) is 0 Å². The molecule has 0 saturated carbocycles. The summed E-state index contributed by atoms with van der Waals surface area (Å²) >= 11 is 0. The first kappa shape index (κ1) is 13.8. The number of anilines is 2. The van der Waals surface area contributed by atoms with E-state index in [1.54, 1.807) is 6.07 Å². The number of aromatic nitrogens is 2. The number of carbonyl (C=O) groups is 1. The van der Waals surface area contributed by atoms with Crippen molar-refractivity contribution in [1.82, 2.24) is 15.4 Å². The highest BCUT2D eigenvalue weighted by Crippen LogP contribution is 2.19. The van der Waals surface area contributed by atoms with E-state index in [2.05, 4.69) is 20.8 Å². The molecule has 2 rings (SSSR count). The predicted octanol–water partition coefficient (Wildman–Crippen LogP) is 0.551. The number of aliphatic hydroxyl groups is 1. The first-order valence-corrected chi connectivity index (χ1v) is 6.05. The third kappa shape index (κ3) is 3.66. The zero-order valence-electron chi connectivity index (χ0n) is 10.7. The number of nitrogens with zero attached hydrogens (tertiary/aromatic N) is 2. The summed E-state index contributed by atoms with van der Waals surface area (Å²) in [5, 5.41) is 8.64. The molecule has 0 saturated heterocycles. The van der Waals surface area contributed by atoms with Crippen molar-refractivity contribution < 1.29 is 9.90 Å². The highest BCUT2D eigenvalue weighted by Gasteiger charge is 2.05. The van der Waals surface area contributed by atoms with Crippen LogP contribution in [0.15, 0.2) is 36.4 Å². The van der Waals surface area contributed by atoms with Crippen LogP contribution in [0.1, 0.15) is 6.42 Å². The summed E-state index contributed by atoms with van der Waals surface area (Å²) in [6.45, 7) is -0.214. The molecule has 0 spiro atoms. The minimum Gasteiger partial charge on any atom is -0.396 e. The van der Waals surface area contributed by atoms with E-state index in [0.29, 0.717) is 11.5 Å². The van der Waals surface area contributed by atoms with Crippen molar-refractivity contribution in [2.24, 2.45) is 0 Å². The normalized spacial score (nSPS) is 10.1. The molecule has 0 aliphatic rings. The van der Waals surface area contributed by atoms with E-state index in [1.165, 1.54) is 0 Å². The fraction of sp³-hybridized carbons (Fsp3) is 0.154. The molecule has 1 aromatic heterocycles. The van der Waals surface area contributed by atoms with Gasteiger partial charge in [-0.15, -0.1) is 0 Å². The summed E-state index contributed by atoms with van der Waals surface area (Å²) < 4.78 is 0. The smallest absolute Gasteiger partial charge is 0.240 e. The maximum absolute atomic E-state index is 11.2. The van der Waals surface area contributed by atoms with Gasteiger partial charge in [0.2, 0.25) is 11.9 Å². The van der Waals surface area contributed by atoms with Gasteiger partial charge in [-0.3, -0.25) is 15.6 Å². The van der Waals surface area contributed by atoms with Crippen LogP contribution in [0, 0.1) is 0 Å². The zero-order chi connectivity index (χ0) is 14.4. The number of hydrazine groups is 1. The molecular weight excluding hydrogens is 258 g/mol. The molecule has 0 fully saturated rings. The predicted molar refractivity (Wildman–Crippen MR) is 75.3 cm³/mol. The van der Waals surface area contributed by atoms with Gasteiger partial charge in [-0.25, -0.2) is 4.98 Å². The van der Waals surface area contributed by atoms with Gasteiger partial charge in [0.15, 0.2) is 5.82 Å². The Morgan fingerprint density at radius 3 is 2.70 bits per heavy atom. The van der Waals surface area contributed by atoms with Crippen LogP contribution < -0.4 is 16.6 Å². The van der Waals surface area contributed by atoms with Gasteiger partial charge in [-0.05, 0) is 0 Å². The SMILES string of the molecule is Nc1nc(NNC(=O)CCO)cc(-c2ccccc2)n1. The van der Waals surface area contributed by atoms with E-state index in [4.69, 9.17) is 10.8 Å². The van der Waals surface area contributed by atoms with Crippen molar-refractivity contribution in [2.75, 3.05) is 17.8 Å². The maximum Gasteiger partial charge on any atom is 0.240 e. The first-order valence-electron chi connectivity index (χ1n) is 6.05. The Labute approximate surface area is 115 Å². The van der Waals surface area contributed by atoms with E-state index in [9.17, 15) is 4.79 Å². The van der Waals surface area contributed by atoms with Crippen molar-refractivity contribution >= 4 is 17.7 Å². The van der Waals surface area contributed by atoms with Crippen LogP contribution in [0.4, 0.5) is 11.8 Å². The highest BCUT2D eigenvalue weighted by atomic mass is 16.3. The molecule has 0 radical (unpaired) electrons. The molecule has 1 heterocycles. The second-order valence-corrected chi connectivity index (χ2v) is 4.01. The van der Waals surface area contributed by atoms with Crippen molar-refractivity contribution in [3.05, 3.63) is 36.4 Å². The third-order valence-electron chi connectivity index (χ3n) is 2.48. The lowest BCUT2D eigenvalue weighted by molar-refractivity contribution is -0.121. The standard InChI is InChI=1S/C13H15N5O2/c14-13-15-10(9-4-2-1-3-5-9)8-11(16-13)17-18-12(20)6-7-19/h1-5,8,19H,6-7H2,(H,18,20)(H3,14,15,16,17). The molecule has 20 heavy (non-hydrogen) atoms. The number of rotatable bonds is 5. The molecule has 104 valence electrons. The van der Waals surface area contributed by atoms with E-state index in [0.717, 1.165) is 5.56 Å². The summed E-state index contributed by atoms with van der Waals surface area (Å²) in [7, 11) is 0. The van der Waals surface area contributed by atoms with Crippen LogP contribution in [-0.2, 0) is 4.79 Å². The second kappa shape index (κ2) is 6.48. The van der Waals surface area contributed by atoms with Crippen molar-refractivity contribution in [2.45, 2.75) is 6.42 Å². The topological polar surface area (TPSA) is 113 Å². The molecule has 0 bridgehead atoms. The first-order chi connectivity index (χ1) is 9.69. The van der Waals surface area contributed by atoms with Crippen LogP contribution in [0.25, 0.3) is 11.3 Å². The summed E-state index contributed by atoms with van der Waals surface area (Å²) in [6, 6.07) is 11.2. The summed E-state index contributed by atoms with van der Waals surface area (Å²) in [6.07, 6.45) is 0.0130. The zero-order valence-corrected chi connectivity index (χ0v) is 10.7. The van der Waals surface area contributed by atoms with Gasteiger partial charge < -0.3 is 10.8 Å². The quantitative estimate of drug-likeness (QED) is 0.592. The van der Waals surface area contributed by atoms with Gasteiger partial charge in [0.1, 0.15) is 0 Å². The lowest BCUT2D eigenvalue weighted by atomic mass is 10.1. The van der Waals surface area contributed by atoms with Crippen LogP contribution in [0.2, 0.25) is 0 Å². The number of nitrogens with one attached hydrogen (secondary N) is 2. The molecule has 0 aliphatic heterocycles. The number of hydrogen-bond donors (Lipinski definition) is 4. The maximum atomic E-state index is 11.2. The van der Waals surface area contributed by atoms with Gasteiger partial charge in [0, 0.05) is 11.6 Å². The van der Waals surface area contributed by atoms with Crippen LogP contribution in [-0.4, -0.2) is 27.6 Å². The fourth-order valence-corrected chi connectivity index (χ4v) is 1.58. The van der Waals surface area contributed by atoms with E-state index >= 15 is 0 Å². The highest BCUT2D eigenvalue weighted by molar-refractivity contribution is 5.77. The Bertz CT molecular complexity index is 589. The van der Waals surface area contributed by atoms with Crippen LogP contribution >= 0.6 is 0 Å². The monoisotopic (exact) mass is 273 g/mol. The molecular formula is C13H15N5O2. The third-order valence-corrected chi connectivity index (χ3v) is 2.48. The van der Waals surface area contributed by atoms with Crippen molar-refractivity contribution in [3.8, 4) is 11.3 Å². The molecule has 1 aromatic carbocycles. The molecule has 2 aromatic rings. The van der Waals surface area contributed by atoms with Crippen molar-refractivity contribution in [3.63, 3.8) is 0 Å². The largest absolute Gasteiger partial charge is 0.396 e. The molecule has 0 unspecified atom stereocenters. The number of aliphatic hydroxyl groups excluding tert-OH is 1. The molecule has 5 N–H and O–H groups in total. The number of benzene rings is 1. The Balaban J connectivity index is 2.15. The molecule has 0 aliphatic carbocycles. The number of amides is 1. The molecule has 1 amide bonds. The average Bonchev–Trinajstić information content (AvgIpc) is 2.46. The molecule has 7 nitrogen and oxygen atoms in total. The minimum atomic E-state index is -0.342. The van der Waals surface area contributed by atoms with Gasteiger partial charge in [-0.2, -0.15) is 4.98 Å². The Kier molecular flexibility index (Phi) is 4.46. The van der Waals surface area contributed by atoms with Gasteiger partial charge >= 0.3 is 0 Å². The number of hydrogen-bond acceptors (Lipinski definition) is 6. The van der Waals surface area contributed by atoms with Gasteiger partial charge in [0.05, 0.1) is 18.7 Å². The fourth-order valence-electron chi connectivity index (χ4n) is 1.58. The second-order valence-electron chi connectivity index (χ2n) is 4.01. The lowest BCUT2D eigenvalue weighted by Gasteiger charge is -2.09. The van der Waals surface area contributed by atoms with Crippen LogP contribution in [0.3, 0.4) is 0 Å². The Hall–Kier alpha value is -2.67. The minimum absolute atomic E-state index is 0.0130. The summed E-state index contributed by atoms with van der Waals surface area (Å²) in [4.78, 5) is 19.4. The molecule has 7 heteroatoms. The summed E-state index contributed by atoms with van der Waals surface area (Å²) in [5.41, 5.74) is 12.2. The molecule has 0 atom stereocenters. The Morgan fingerprint density at radius 1 is 1.25 bits per heavy atom. The number of carbonyl (C=O) groups excluding carboxylic acids is 1. The van der Waals surface area contributed by atoms with Gasteiger partial charge in [-0.1, -0.05) is 30.3 Å². The summed E-state index contributed by atoms with van der Waals surface area (Å²) in [5.74, 6) is 0.138. The number of nitrogen functional groups attached to an aromatic ring is 1. The Morgan fingerprint density at radius 2 is 2.00 bits per heavy atom. The van der Waals surface area contributed by atoms with Crippen molar-refractivity contribution in [1.29, 1.82) is 0 Å². The van der Waals surface area contributed by atoms with Gasteiger partial charge in [0.25, 0.3) is 0 Å².